The topological polar surface area (TPSA) is 64.0 Å². The highest BCUT2D eigenvalue weighted by Gasteiger charge is 2.35. The molecule has 0 amide bonds. The number of sulfonamides is 1. The summed E-state index contributed by atoms with van der Waals surface area (Å²) in [4.78, 5) is 3.55. The van der Waals surface area contributed by atoms with Gasteiger partial charge < -0.3 is 4.57 Å². The van der Waals surface area contributed by atoms with Gasteiger partial charge in [-0.25, -0.2) is 22.5 Å². The summed E-state index contributed by atoms with van der Waals surface area (Å²) < 4.78 is 80.0. The van der Waals surface area contributed by atoms with Gasteiger partial charge in [-0.2, -0.15) is 13.2 Å². The average molecular weight is 391 g/mol. The van der Waals surface area contributed by atoms with Gasteiger partial charge in [-0.3, -0.25) is 0 Å². The SMILES string of the molecule is Cc1cc(S(=O)(=O)NC[C@@H]2CCc3nc(C(F)(F)F)cn3C2)ccc1F. The van der Waals surface area contributed by atoms with Crippen LogP contribution in [-0.2, 0) is 29.2 Å². The highest BCUT2D eigenvalue weighted by molar-refractivity contribution is 7.89. The summed E-state index contributed by atoms with van der Waals surface area (Å²) in [7, 11) is -3.82. The van der Waals surface area contributed by atoms with Gasteiger partial charge in [-0.15, -0.1) is 0 Å². The zero-order valence-electron chi connectivity index (χ0n) is 13.8. The molecule has 1 aromatic heterocycles. The van der Waals surface area contributed by atoms with Crippen molar-refractivity contribution in [3.05, 3.63) is 47.3 Å². The molecule has 1 aliphatic rings. The Morgan fingerprint density at radius 1 is 1.35 bits per heavy atom. The van der Waals surface area contributed by atoms with Crippen molar-refractivity contribution in [1.29, 1.82) is 0 Å². The summed E-state index contributed by atoms with van der Waals surface area (Å²) >= 11 is 0. The fourth-order valence-corrected chi connectivity index (χ4v) is 4.11. The van der Waals surface area contributed by atoms with Crippen LogP contribution < -0.4 is 4.72 Å². The number of halogens is 4. The van der Waals surface area contributed by atoms with Crippen LogP contribution in [0.5, 0.6) is 0 Å². The molecule has 10 heteroatoms. The number of hydrogen-bond acceptors (Lipinski definition) is 3. The van der Waals surface area contributed by atoms with Crippen LogP contribution >= 0.6 is 0 Å². The van der Waals surface area contributed by atoms with Crippen molar-refractivity contribution in [3.8, 4) is 0 Å². The van der Waals surface area contributed by atoms with Crippen LogP contribution in [0.2, 0.25) is 0 Å². The third-order valence-corrected chi connectivity index (χ3v) is 5.80. The maximum atomic E-state index is 13.3. The number of imidazole rings is 1. The van der Waals surface area contributed by atoms with Crippen molar-refractivity contribution in [1.82, 2.24) is 14.3 Å². The maximum absolute atomic E-state index is 13.3. The van der Waals surface area contributed by atoms with Gasteiger partial charge in [0.2, 0.25) is 10.0 Å². The Kier molecular flexibility index (Phi) is 4.82. The molecule has 0 spiro atoms. The first-order valence-electron chi connectivity index (χ1n) is 7.95. The van der Waals surface area contributed by atoms with Crippen LogP contribution in [0, 0.1) is 18.7 Å². The lowest BCUT2D eigenvalue weighted by molar-refractivity contribution is -0.141. The van der Waals surface area contributed by atoms with E-state index in [2.05, 4.69) is 9.71 Å². The van der Waals surface area contributed by atoms with E-state index in [1.54, 1.807) is 0 Å². The number of rotatable bonds is 4. The Morgan fingerprint density at radius 3 is 2.73 bits per heavy atom. The van der Waals surface area contributed by atoms with Crippen LogP contribution in [0.15, 0.2) is 29.3 Å². The standard InChI is InChI=1S/C16H17F4N3O2S/c1-10-6-12(3-4-13(10)17)26(24,25)21-7-11-2-5-15-22-14(16(18,19)20)9-23(15)8-11/h3-4,6,9,11,21H,2,5,7-8H2,1H3/t11-/m0/s1. The molecule has 0 saturated carbocycles. The Morgan fingerprint density at radius 2 is 2.08 bits per heavy atom. The number of nitrogens with one attached hydrogen (secondary N) is 1. The number of fused-ring (bicyclic) bond motifs is 1. The predicted octanol–water partition coefficient (Wildman–Crippen LogP) is 2.89. The minimum Gasteiger partial charge on any atom is -0.334 e. The minimum atomic E-state index is -4.50. The molecule has 2 aromatic rings. The smallest absolute Gasteiger partial charge is 0.334 e. The van der Waals surface area contributed by atoms with E-state index in [4.69, 9.17) is 0 Å². The van der Waals surface area contributed by atoms with Crippen molar-refractivity contribution in [2.75, 3.05) is 6.54 Å². The molecule has 1 aromatic carbocycles. The molecule has 5 nitrogen and oxygen atoms in total. The van der Waals surface area contributed by atoms with Crippen molar-refractivity contribution in [3.63, 3.8) is 0 Å². The number of aromatic nitrogens is 2. The lowest BCUT2D eigenvalue weighted by atomic mass is 10.00. The Hall–Kier alpha value is -1.94. The maximum Gasteiger partial charge on any atom is 0.434 e. The molecule has 2 heterocycles. The summed E-state index contributed by atoms with van der Waals surface area (Å²) in [5, 5.41) is 0. The number of aryl methyl sites for hydroxylation is 2. The van der Waals surface area contributed by atoms with Crippen LogP contribution in [-0.4, -0.2) is 24.5 Å². The minimum absolute atomic E-state index is 0.0464. The molecule has 3 rings (SSSR count). The van der Waals surface area contributed by atoms with E-state index >= 15 is 0 Å². The second-order valence-electron chi connectivity index (χ2n) is 6.36. The van der Waals surface area contributed by atoms with Gasteiger partial charge in [0.05, 0.1) is 4.90 Å². The molecule has 0 fully saturated rings. The summed E-state index contributed by atoms with van der Waals surface area (Å²) in [5.74, 6) is -0.302. The molecule has 0 bridgehead atoms. The van der Waals surface area contributed by atoms with Gasteiger partial charge in [0.15, 0.2) is 5.69 Å². The summed E-state index contributed by atoms with van der Waals surface area (Å²) in [6.45, 7) is 1.80. The third-order valence-electron chi connectivity index (χ3n) is 4.38. The van der Waals surface area contributed by atoms with Crippen molar-refractivity contribution in [2.24, 2.45) is 5.92 Å². The molecule has 0 unspecified atom stereocenters. The molecular weight excluding hydrogens is 374 g/mol. The molecule has 1 N–H and O–H groups in total. The van der Waals surface area contributed by atoms with Gasteiger partial charge in [0, 0.05) is 25.7 Å². The molecule has 1 aliphatic heterocycles. The zero-order chi connectivity index (χ0) is 19.1. The quantitative estimate of drug-likeness (QED) is 0.816. The van der Waals surface area contributed by atoms with Crippen LogP contribution in [0.4, 0.5) is 17.6 Å². The zero-order valence-corrected chi connectivity index (χ0v) is 14.7. The van der Waals surface area contributed by atoms with E-state index < -0.39 is 27.7 Å². The highest BCUT2D eigenvalue weighted by atomic mass is 32.2. The highest BCUT2D eigenvalue weighted by Crippen LogP contribution is 2.30. The van der Waals surface area contributed by atoms with Gasteiger partial charge >= 0.3 is 6.18 Å². The summed E-state index contributed by atoms with van der Waals surface area (Å²) in [5.41, 5.74) is -0.719. The van der Waals surface area contributed by atoms with E-state index in [-0.39, 0.29) is 29.5 Å². The molecule has 1 atom stereocenters. The van der Waals surface area contributed by atoms with Gasteiger partial charge in [0.1, 0.15) is 11.6 Å². The van der Waals surface area contributed by atoms with E-state index in [1.165, 1.54) is 23.6 Å². The van der Waals surface area contributed by atoms with Crippen LogP contribution in [0.3, 0.4) is 0 Å². The molecule has 0 aliphatic carbocycles. The van der Waals surface area contributed by atoms with E-state index in [9.17, 15) is 26.0 Å². The largest absolute Gasteiger partial charge is 0.434 e. The Labute approximate surface area is 148 Å². The fraction of sp³-hybridized carbons (Fsp3) is 0.438. The van der Waals surface area contributed by atoms with E-state index in [0.717, 1.165) is 12.3 Å². The van der Waals surface area contributed by atoms with Crippen LogP contribution in [0.1, 0.15) is 23.5 Å². The number of alkyl halides is 3. The number of nitrogens with zero attached hydrogens (tertiary/aromatic N) is 2. The molecular formula is C16H17F4N3O2S. The first-order valence-corrected chi connectivity index (χ1v) is 9.43. The lowest BCUT2D eigenvalue weighted by Gasteiger charge is -2.23. The first-order chi connectivity index (χ1) is 12.1. The molecule has 0 saturated heterocycles. The third kappa shape index (κ3) is 3.90. The normalized spacial score (nSPS) is 18.0. The molecule has 0 radical (unpaired) electrons. The first kappa shape index (κ1) is 18.8. The summed E-state index contributed by atoms with van der Waals surface area (Å²) in [6.07, 6.45) is -2.67. The van der Waals surface area contributed by atoms with Gasteiger partial charge in [-0.1, -0.05) is 0 Å². The molecule has 26 heavy (non-hydrogen) atoms. The van der Waals surface area contributed by atoms with E-state index in [1.807, 2.05) is 0 Å². The second kappa shape index (κ2) is 6.66. The monoisotopic (exact) mass is 391 g/mol. The molecule has 142 valence electrons. The number of benzene rings is 1. The Bertz CT molecular complexity index is 922. The predicted molar refractivity (Wildman–Crippen MR) is 85.4 cm³/mol. The van der Waals surface area contributed by atoms with Gasteiger partial charge in [-0.05, 0) is 43.0 Å². The lowest BCUT2D eigenvalue weighted by Crippen LogP contribution is -2.33. The van der Waals surface area contributed by atoms with Crippen molar-refractivity contribution in [2.45, 2.75) is 37.4 Å². The number of hydrogen-bond donors (Lipinski definition) is 1. The van der Waals surface area contributed by atoms with Crippen LogP contribution in [0.25, 0.3) is 0 Å². The van der Waals surface area contributed by atoms with E-state index in [0.29, 0.717) is 18.7 Å². The van der Waals surface area contributed by atoms with Crippen molar-refractivity contribution < 1.29 is 26.0 Å². The Balaban J connectivity index is 1.67. The fourth-order valence-electron chi connectivity index (χ4n) is 2.91. The summed E-state index contributed by atoms with van der Waals surface area (Å²) in [6, 6.07) is 3.50. The van der Waals surface area contributed by atoms with Gasteiger partial charge in [0.25, 0.3) is 0 Å². The average Bonchev–Trinajstić information content (AvgIpc) is 2.99. The van der Waals surface area contributed by atoms with Crippen molar-refractivity contribution >= 4 is 10.0 Å². The second-order valence-corrected chi connectivity index (χ2v) is 8.13.